The lowest BCUT2D eigenvalue weighted by Gasteiger charge is -2.34. The molecular weight excluding hydrogens is 396 g/mol. The van der Waals surface area contributed by atoms with Crippen molar-refractivity contribution < 1.29 is 4.79 Å². The third-order valence-electron chi connectivity index (χ3n) is 6.21. The Morgan fingerprint density at radius 2 is 2.03 bits per heavy atom. The van der Waals surface area contributed by atoms with Gasteiger partial charge in [0.25, 0.3) is 11.5 Å². The van der Waals surface area contributed by atoms with E-state index in [-0.39, 0.29) is 11.5 Å². The van der Waals surface area contributed by atoms with Gasteiger partial charge in [-0.15, -0.1) is 11.3 Å². The summed E-state index contributed by atoms with van der Waals surface area (Å²) in [6.45, 7) is 5.94. The third-order valence-corrected chi connectivity index (χ3v) is 7.43. The number of carbonyl (C=O) groups excluding carboxylic acids is 1. The normalized spacial score (nSPS) is 19.8. The summed E-state index contributed by atoms with van der Waals surface area (Å²) < 4.78 is 1.56. The van der Waals surface area contributed by atoms with Crippen LogP contribution in [0.2, 0.25) is 0 Å². The van der Waals surface area contributed by atoms with Gasteiger partial charge in [-0.1, -0.05) is 13.0 Å². The van der Waals surface area contributed by atoms with Gasteiger partial charge in [-0.2, -0.15) is 0 Å². The molecule has 6 nitrogen and oxygen atoms in total. The minimum atomic E-state index is -0.0552. The number of pyridine rings is 1. The molecule has 0 bridgehead atoms. The molecule has 1 amide bonds. The molecule has 1 unspecified atom stereocenters. The maximum absolute atomic E-state index is 13.0. The SMILES string of the molecule is CC1CCc2sc(C(=O)N3CCN(Cc4cc(=O)n5ccccc5n4)CC3)cc2C1. The van der Waals surface area contributed by atoms with Crippen LogP contribution >= 0.6 is 11.3 Å². The summed E-state index contributed by atoms with van der Waals surface area (Å²) in [5.41, 5.74) is 2.78. The van der Waals surface area contributed by atoms with Crippen LogP contribution in [0.5, 0.6) is 0 Å². The number of nitrogens with zero attached hydrogens (tertiary/aromatic N) is 4. The predicted molar refractivity (Wildman–Crippen MR) is 118 cm³/mol. The average molecular weight is 423 g/mol. The Balaban J connectivity index is 1.22. The van der Waals surface area contributed by atoms with Crippen LogP contribution in [0.15, 0.2) is 41.3 Å². The van der Waals surface area contributed by atoms with Crippen LogP contribution in [0.25, 0.3) is 5.65 Å². The summed E-state index contributed by atoms with van der Waals surface area (Å²) >= 11 is 1.69. The molecule has 1 aliphatic heterocycles. The Hall–Kier alpha value is -2.51. The van der Waals surface area contributed by atoms with Crippen molar-refractivity contribution >= 4 is 22.9 Å². The molecule has 156 valence electrons. The fourth-order valence-corrected chi connectivity index (χ4v) is 5.67. The third kappa shape index (κ3) is 3.79. The molecule has 0 saturated carbocycles. The number of rotatable bonds is 3. The lowest BCUT2D eigenvalue weighted by atomic mass is 9.90. The number of hydrogen-bond acceptors (Lipinski definition) is 5. The van der Waals surface area contributed by atoms with Crippen LogP contribution in [-0.2, 0) is 19.4 Å². The first-order valence-electron chi connectivity index (χ1n) is 10.7. The number of thiophene rings is 1. The van der Waals surface area contributed by atoms with Gasteiger partial charge in [0, 0.05) is 49.9 Å². The molecule has 0 radical (unpaired) electrons. The van der Waals surface area contributed by atoms with Crippen molar-refractivity contribution in [1.29, 1.82) is 0 Å². The van der Waals surface area contributed by atoms with Crippen molar-refractivity contribution in [2.75, 3.05) is 26.2 Å². The number of carbonyl (C=O) groups is 1. The van der Waals surface area contributed by atoms with Crippen molar-refractivity contribution in [3.05, 3.63) is 67.9 Å². The molecule has 0 spiro atoms. The molecule has 5 rings (SSSR count). The van der Waals surface area contributed by atoms with E-state index < -0.39 is 0 Å². The highest BCUT2D eigenvalue weighted by atomic mass is 32.1. The van der Waals surface area contributed by atoms with Gasteiger partial charge in [0.1, 0.15) is 5.65 Å². The van der Waals surface area contributed by atoms with Gasteiger partial charge in [-0.25, -0.2) is 4.98 Å². The highest BCUT2D eigenvalue weighted by molar-refractivity contribution is 7.14. The van der Waals surface area contributed by atoms with Gasteiger partial charge in [-0.3, -0.25) is 18.9 Å². The van der Waals surface area contributed by atoms with Crippen LogP contribution in [0.1, 0.15) is 39.2 Å². The maximum atomic E-state index is 13.0. The highest BCUT2D eigenvalue weighted by Gasteiger charge is 2.26. The average Bonchev–Trinajstić information content (AvgIpc) is 3.17. The highest BCUT2D eigenvalue weighted by Crippen LogP contribution is 2.32. The summed E-state index contributed by atoms with van der Waals surface area (Å²) in [7, 11) is 0. The number of amides is 1. The molecule has 1 fully saturated rings. The first-order valence-corrected chi connectivity index (χ1v) is 11.5. The first-order chi connectivity index (χ1) is 14.6. The summed E-state index contributed by atoms with van der Waals surface area (Å²) in [5, 5.41) is 0. The van der Waals surface area contributed by atoms with Crippen molar-refractivity contribution in [1.82, 2.24) is 19.2 Å². The van der Waals surface area contributed by atoms with Gasteiger partial charge < -0.3 is 4.90 Å². The Morgan fingerprint density at radius 1 is 1.20 bits per heavy atom. The largest absolute Gasteiger partial charge is 0.335 e. The Bertz CT molecular complexity index is 1140. The summed E-state index contributed by atoms with van der Waals surface area (Å²) in [4.78, 5) is 36.5. The van der Waals surface area contributed by atoms with E-state index >= 15 is 0 Å². The maximum Gasteiger partial charge on any atom is 0.264 e. The van der Waals surface area contributed by atoms with E-state index in [4.69, 9.17) is 0 Å². The van der Waals surface area contributed by atoms with Crippen molar-refractivity contribution in [3.63, 3.8) is 0 Å². The molecule has 2 aliphatic rings. The van der Waals surface area contributed by atoms with Crippen LogP contribution < -0.4 is 5.56 Å². The number of hydrogen-bond donors (Lipinski definition) is 0. The van der Waals surface area contributed by atoms with Gasteiger partial charge in [-0.05, 0) is 48.9 Å². The minimum absolute atomic E-state index is 0.0552. The number of piperazine rings is 1. The van der Waals surface area contributed by atoms with E-state index in [2.05, 4.69) is 22.9 Å². The van der Waals surface area contributed by atoms with Gasteiger partial charge in [0.2, 0.25) is 0 Å². The molecule has 3 aromatic heterocycles. The Morgan fingerprint density at radius 3 is 2.87 bits per heavy atom. The van der Waals surface area contributed by atoms with Crippen molar-refractivity contribution in [3.8, 4) is 0 Å². The second-order valence-corrected chi connectivity index (χ2v) is 9.63. The zero-order chi connectivity index (χ0) is 20.7. The van der Waals surface area contributed by atoms with E-state index in [1.807, 2.05) is 23.1 Å². The van der Waals surface area contributed by atoms with E-state index in [1.165, 1.54) is 16.9 Å². The van der Waals surface area contributed by atoms with E-state index in [1.54, 1.807) is 28.0 Å². The number of aromatic nitrogens is 2. The monoisotopic (exact) mass is 422 g/mol. The minimum Gasteiger partial charge on any atom is -0.335 e. The Labute approximate surface area is 179 Å². The van der Waals surface area contributed by atoms with Gasteiger partial charge in [0.05, 0.1) is 10.6 Å². The molecule has 7 heteroatoms. The van der Waals surface area contributed by atoms with E-state index in [0.717, 1.165) is 42.4 Å². The Kier molecular flexibility index (Phi) is 5.16. The lowest BCUT2D eigenvalue weighted by molar-refractivity contribution is 0.0631. The van der Waals surface area contributed by atoms with Crippen LogP contribution in [-0.4, -0.2) is 51.3 Å². The molecule has 30 heavy (non-hydrogen) atoms. The smallest absolute Gasteiger partial charge is 0.264 e. The van der Waals surface area contributed by atoms with E-state index in [0.29, 0.717) is 25.3 Å². The lowest BCUT2D eigenvalue weighted by Crippen LogP contribution is -2.48. The van der Waals surface area contributed by atoms with Crippen molar-refractivity contribution in [2.24, 2.45) is 5.92 Å². The topological polar surface area (TPSA) is 57.9 Å². The second kappa shape index (κ2) is 7.96. The van der Waals surface area contributed by atoms with Crippen LogP contribution in [0.4, 0.5) is 0 Å². The molecule has 0 N–H and O–H groups in total. The van der Waals surface area contributed by atoms with Crippen LogP contribution in [0.3, 0.4) is 0 Å². The molecule has 1 atom stereocenters. The second-order valence-electron chi connectivity index (χ2n) is 8.49. The fraction of sp³-hybridized carbons (Fsp3) is 0.435. The van der Waals surface area contributed by atoms with Crippen LogP contribution in [0, 0.1) is 5.92 Å². The van der Waals surface area contributed by atoms with Crippen molar-refractivity contribution in [2.45, 2.75) is 32.7 Å². The number of aryl methyl sites for hydroxylation is 1. The zero-order valence-electron chi connectivity index (χ0n) is 17.2. The molecule has 0 aromatic carbocycles. The molecule has 1 saturated heterocycles. The van der Waals surface area contributed by atoms with Gasteiger partial charge in [0.15, 0.2) is 0 Å². The molecule has 4 heterocycles. The molecular formula is C23H26N4O2S. The van der Waals surface area contributed by atoms with E-state index in [9.17, 15) is 9.59 Å². The summed E-state index contributed by atoms with van der Waals surface area (Å²) in [5.74, 6) is 0.888. The first kappa shape index (κ1) is 19.5. The summed E-state index contributed by atoms with van der Waals surface area (Å²) in [6.07, 6.45) is 5.18. The zero-order valence-corrected chi connectivity index (χ0v) is 18.0. The predicted octanol–water partition coefficient (Wildman–Crippen LogP) is 2.84. The number of fused-ring (bicyclic) bond motifs is 2. The molecule has 3 aromatic rings. The standard InChI is InChI=1S/C23H26N4O2S/c1-16-5-6-19-17(12-16)13-20(30-19)23(29)26-10-8-25(9-11-26)15-18-14-22(28)27-7-3-2-4-21(27)24-18/h2-4,7,13-14,16H,5-6,8-12,15H2,1H3. The summed E-state index contributed by atoms with van der Waals surface area (Å²) in [6, 6.07) is 9.32. The van der Waals surface area contributed by atoms with Gasteiger partial charge >= 0.3 is 0 Å². The molecule has 1 aliphatic carbocycles. The fourth-order valence-electron chi connectivity index (χ4n) is 4.49. The quantitative estimate of drug-likeness (QED) is 0.651.